The summed E-state index contributed by atoms with van der Waals surface area (Å²) in [6.07, 6.45) is 3.01. The Kier molecular flexibility index (Phi) is 9.00. The number of rotatable bonds is 7. The van der Waals surface area contributed by atoms with Crippen LogP contribution in [0.3, 0.4) is 0 Å². The molecule has 0 atom stereocenters. The summed E-state index contributed by atoms with van der Waals surface area (Å²) in [6.45, 7) is 9.17. The molecule has 0 bridgehead atoms. The molecule has 0 aromatic rings. The summed E-state index contributed by atoms with van der Waals surface area (Å²) in [6, 6.07) is 0. The maximum absolute atomic E-state index is 8.48. The van der Waals surface area contributed by atoms with E-state index in [2.05, 4.69) is 36.2 Å². The first-order valence-corrected chi connectivity index (χ1v) is 11.2. The van der Waals surface area contributed by atoms with Gasteiger partial charge in [0.2, 0.25) is 0 Å². The third kappa shape index (κ3) is 7.25. The predicted octanol–water partition coefficient (Wildman–Crippen LogP) is 0.250. The fraction of sp³-hybridized carbons (Fsp3) is 1.00. The van der Waals surface area contributed by atoms with Crippen molar-refractivity contribution >= 4 is 24.6 Å². The number of aliphatic hydroxyl groups is 3. The fourth-order valence-electron chi connectivity index (χ4n) is 1.63. The molecule has 3 radical (unpaired) electrons. The van der Waals surface area contributed by atoms with E-state index in [4.69, 9.17) is 15.3 Å². The molecule has 0 unspecified atom stereocenters. The largest absolute Gasteiger partial charge is 0.395 e. The average Bonchev–Trinajstić information content (AvgIpc) is 2.99. The van der Waals surface area contributed by atoms with Crippen molar-refractivity contribution in [3.8, 4) is 0 Å². The molecule has 1 rings (SSSR count). The molecule has 1 fully saturated rings. The van der Waals surface area contributed by atoms with Crippen molar-refractivity contribution in [3.63, 3.8) is 0 Å². The Morgan fingerprint density at radius 1 is 0.944 bits per heavy atom. The van der Waals surface area contributed by atoms with E-state index in [0.717, 1.165) is 3.87 Å². The van der Waals surface area contributed by atoms with Crippen molar-refractivity contribution in [2.75, 3.05) is 39.5 Å². The van der Waals surface area contributed by atoms with Gasteiger partial charge < -0.3 is 15.3 Å². The Morgan fingerprint density at radius 2 is 1.28 bits per heavy atom. The molecular formula is C12H28GeNO3Si. The van der Waals surface area contributed by atoms with Gasteiger partial charge in [0, 0.05) is 19.6 Å². The van der Waals surface area contributed by atoms with Gasteiger partial charge >= 0.3 is 60.9 Å². The molecule has 0 aromatic carbocycles. The minimum atomic E-state index is -0.748. The number of hydrogen-bond acceptors (Lipinski definition) is 4. The fourth-order valence-corrected chi connectivity index (χ4v) is 3.52. The summed E-state index contributed by atoms with van der Waals surface area (Å²) in [5, 5.41) is 25.5. The number of hydrogen-bond donors (Lipinski definition) is 3. The van der Waals surface area contributed by atoms with Crippen LogP contribution in [0.1, 0.15) is 12.8 Å². The van der Waals surface area contributed by atoms with Gasteiger partial charge in [-0.25, -0.2) is 0 Å². The SMILES string of the molecule is C[Si](C)(C)[C]1([Ge])CC1.OCCN(CCO)CCO. The van der Waals surface area contributed by atoms with E-state index >= 15 is 0 Å². The summed E-state index contributed by atoms with van der Waals surface area (Å²) in [4.78, 5) is 1.79. The van der Waals surface area contributed by atoms with Crippen LogP contribution in [0.4, 0.5) is 0 Å². The van der Waals surface area contributed by atoms with E-state index in [0.29, 0.717) is 19.6 Å². The van der Waals surface area contributed by atoms with Crippen molar-refractivity contribution in [3.05, 3.63) is 0 Å². The molecule has 0 aliphatic heterocycles. The molecular weight excluding hydrogens is 307 g/mol. The Hall–Kier alpha value is 0.600. The quantitative estimate of drug-likeness (QED) is 0.584. The van der Waals surface area contributed by atoms with Gasteiger partial charge in [-0.15, -0.1) is 0 Å². The van der Waals surface area contributed by atoms with Crippen LogP contribution in [-0.4, -0.2) is 84.3 Å². The van der Waals surface area contributed by atoms with Crippen molar-refractivity contribution in [1.82, 2.24) is 4.90 Å². The summed E-state index contributed by atoms with van der Waals surface area (Å²) in [5.41, 5.74) is 0. The van der Waals surface area contributed by atoms with Crippen LogP contribution < -0.4 is 0 Å². The van der Waals surface area contributed by atoms with Crippen LogP contribution in [0, 0.1) is 0 Å². The van der Waals surface area contributed by atoms with Crippen LogP contribution >= 0.6 is 0 Å². The second kappa shape index (κ2) is 8.71. The summed E-state index contributed by atoms with van der Waals surface area (Å²) in [5.74, 6) is 0. The monoisotopic (exact) mass is 336 g/mol. The first-order valence-electron chi connectivity index (χ1n) is 6.60. The van der Waals surface area contributed by atoms with Gasteiger partial charge in [-0.1, -0.05) is 0 Å². The molecule has 0 aromatic heterocycles. The number of nitrogens with zero attached hydrogens (tertiary/aromatic N) is 1. The molecule has 4 nitrogen and oxygen atoms in total. The minimum absolute atomic E-state index is 0.0694. The smallest absolute Gasteiger partial charge is 0.0558 e. The molecule has 1 saturated carbocycles. The zero-order valence-corrected chi connectivity index (χ0v) is 15.0. The van der Waals surface area contributed by atoms with Gasteiger partial charge in [0.1, 0.15) is 0 Å². The van der Waals surface area contributed by atoms with E-state index < -0.39 is 8.07 Å². The van der Waals surface area contributed by atoms with Gasteiger partial charge in [-0.2, -0.15) is 0 Å². The van der Waals surface area contributed by atoms with Crippen LogP contribution in [-0.2, 0) is 0 Å². The molecule has 0 saturated heterocycles. The second-order valence-corrected chi connectivity index (χ2v) is 14.4. The summed E-state index contributed by atoms with van der Waals surface area (Å²) in [7, 11) is -0.748. The molecule has 0 spiro atoms. The minimum Gasteiger partial charge on any atom is -0.395 e. The maximum Gasteiger partial charge on any atom is 0.0558 e. The van der Waals surface area contributed by atoms with Crippen LogP contribution in [0.5, 0.6) is 0 Å². The Balaban J connectivity index is 0.000000327. The van der Waals surface area contributed by atoms with Gasteiger partial charge in [0.25, 0.3) is 0 Å². The first kappa shape index (κ1) is 18.6. The molecule has 18 heavy (non-hydrogen) atoms. The molecule has 3 N–H and O–H groups in total. The third-order valence-electron chi connectivity index (χ3n) is 3.43. The summed E-state index contributed by atoms with van der Waals surface area (Å²) < 4.78 is 0.826. The topological polar surface area (TPSA) is 63.9 Å². The summed E-state index contributed by atoms with van der Waals surface area (Å²) >= 11 is 2.44. The van der Waals surface area contributed by atoms with Crippen LogP contribution in [0.2, 0.25) is 23.5 Å². The Labute approximate surface area is 121 Å². The second-order valence-electron chi connectivity index (χ2n) is 5.84. The zero-order chi connectivity index (χ0) is 14.2. The molecule has 107 valence electrons. The first-order chi connectivity index (χ1) is 8.30. The van der Waals surface area contributed by atoms with Gasteiger partial charge in [-0.05, 0) is 0 Å². The molecule has 0 amide bonds. The van der Waals surface area contributed by atoms with Crippen molar-refractivity contribution in [1.29, 1.82) is 0 Å². The van der Waals surface area contributed by atoms with E-state index in [1.807, 2.05) is 0 Å². The van der Waals surface area contributed by atoms with Crippen molar-refractivity contribution in [2.45, 2.75) is 36.4 Å². The zero-order valence-electron chi connectivity index (χ0n) is 11.9. The molecule has 0 heterocycles. The number of aliphatic hydroxyl groups excluding tert-OH is 3. The normalized spacial score (nSPS) is 17.3. The van der Waals surface area contributed by atoms with Crippen LogP contribution in [0.15, 0.2) is 0 Å². The Morgan fingerprint density at radius 3 is 1.39 bits per heavy atom. The van der Waals surface area contributed by atoms with Crippen molar-refractivity contribution < 1.29 is 15.3 Å². The van der Waals surface area contributed by atoms with Gasteiger partial charge in [0.05, 0.1) is 19.8 Å². The maximum atomic E-state index is 8.48. The third-order valence-corrected chi connectivity index (χ3v) is 12.6. The molecule has 6 heteroatoms. The predicted molar refractivity (Wildman–Crippen MR) is 78.7 cm³/mol. The standard InChI is InChI=1S/C6H13GeSi.C6H15NO3/c1-8(2,3)6(7)4-5-6;8-4-1-7(2-5-9)3-6-10/h4-5H2,1-3H3;8-10H,1-6H2. The van der Waals surface area contributed by atoms with E-state index in [9.17, 15) is 0 Å². The molecule has 1 aliphatic rings. The van der Waals surface area contributed by atoms with Crippen molar-refractivity contribution in [2.24, 2.45) is 0 Å². The van der Waals surface area contributed by atoms with E-state index in [1.54, 1.807) is 4.90 Å². The Bertz CT molecular complexity index is 202. The van der Waals surface area contributed by atoms with Crippen LogP contribution in [0.25, 0.3) is 0 Å². The van der Waals surface area contributed by atoms with Gasteiger partial charge in [0.15, 0.2) is 0 Å². The average molecular weight is 335 g/mol. The molecule has 1 aliphatic carbocycles. The van der Waals surface area contributed by atoms with E-state index in [1.165, 1.54) is 12.8 Å². The van der Waals surface area contributed by atoms with E-state index in [-0.39, 0.29) is 19.8 Å². The van der Waals surface area contributed by atoms with Gasteiger partial charge in [-0.3, -0.25) is 4.90 Å².